The van der Waals surface area contributed by atoms with Gasteiger partial charge in [0.15, 0.2) is 0 Å². The van der Waals surface area contributed by atoms with E-state index in [0.717, 1.165) is 15.4 Å². The lowest BCUT2D eigenvalue weighted by molar-refractivity contribution is -0.139. The highest BCUT2D eigenvalue weighted by molar-refractivity contribution is 7.92. The number of rotatable bonds is 11. The molecule has 7 nitrogen and oxygen atoms in total. The number of halogens is 1. The van der Waals surface area contributed by atoms with Crippen LogP contribution in [0.2, 0.25) is 5.02 Å². The fourth-order valence-corrected chi connectivity index (χ4v) is 5.66. The first-order chi connectivity index (χ1) is 18.4. The average Bonchev–Trinajstić information content (AvgIpc) is 2.91. The zero-order valence-corrected chi connectivity index (χ0v) is 24.6. The highest BCUT2D eigenvalue weighted by Gasteiger charge is 2.33. The molecule has 0 fully saturated rings. The number of hydrogen-bond acceptors (Lipinski definition) is 4. The van der Waals surface area contributed by atoms with E-state index in [1.165, 1.54) is 17.0 Å². The Hall–Kier alpha value is -3.36. The molecule has 1 N–H and O–H groups in total. The molecule has 0 aliphatic carbocycles. The zero-order chi connectivity index (χ0) is 28.7. The summed E-state index contributed by atoms with van der Waals surface area (Å²) in [6.45, 7) is 9.39. The Morgan fingerprint density at radius 1 is 0.923 bits per heavy atom. The van der Waals surface area contributed by atoms with Crippen LogP contribution in [0.3, 0.4) is 0 Å². The molecule has 0 spiro atoms. The maximum atomic E-state index is 14.0. The van der Waals surface area contributed by atoms with E-state index in [1.54, 1.807) is 62.4 Å². The van der Waals surface area contributed by atoms with Gasteiger partial charge in [0.05, 0.1) is 10.6 Å². The van der Waals surface area contributed by atoms with Gasteiger partial charge in [-0.25, -0.2) is 8.42 Å². The number of nitrogens with one attached hydrogen (secondary N) is 1. The number of carbonyl (C=O) groups excluding carboxylic acids is 2. The summed E-state index contributed by atoms with van der Waals surface area (Å²) in [5, 5.41) is 3.43. The molecule has 0 saturated heterocycles. The molecule has 3 aromatic carbocycles. The third kappa shape index (κ3) is 7.83. The maximum absolute atomic E-state index is 14.0. The van der Waals surface area contributed by atoms with E-state index in [0.29, 0.717) is 22.8 Å². The number of nitrogens with zero attached hydrogens (tertiary/aromatic N) is 2. The van der Waals surface area contributed by atoms with Crippen LogP contribution in [0.15, 0.2) is 77.7 Å². The number of anilines is 1. The Morgan fingerprint density at radius 3 is 2.18 bits per heavy atom. The lowest BCUT2D eigenvalue weighted by Gasteiger charge is -2.32. The van der Waals surface area contributed by atoms with E-state index < -0.39 is 28.5 Å². The van der Waals surface area contributed by atoms with Crippen LogP contribution >= 0.6 is 11.6 Å². The molecule has 0 aliphatic heterocycles. The van der Waals surface area contributed by atoms with Crippen molar-refractivity contribution in [3.05, 3.63) is 94.5 Å². The van der Waals surface area contributed by atoms with Crippen molar-refractivity contribution in [2.45, 2.75) is 52.1 Å². The van der Waals surface area contributed by atoms with Gasteiger partial charge in [0.25, 0.3) is 10.0 Å². The van der Waals surface area contributed by atoms with Crippen LogP contribution in [0.5, 0.6) is 0 Å². The molecule has 0 saturated carbocycles. The van der Waals surface area contributed by atoms with Gasteiger partial charge < -0.3 is 10.2 Å². The van der Waals surface area contributed by atoms with Crippen molar-refractivity contribution in [2.75, 3.05) is 17.4 Å². The maximum Gasteiger partial charge on any atom is 0.264 e. The van der Waals surface area contributed by atoms with Crippen molar-refractivity contribution in [2.24, 2.45) is 5.92 Å². The highest BCUT2D eigenvalue weighted by atomic mass is 35.5. The molecular formula is C30H36ClN3O4S. The number of hydrogen-bond donors (Lipinski definition) is 1. The normalized spacial score (nSPS) is 12.2. The zero-order valence-electron chi connectivity index (χ0n) is 23.0. The minimum absolute atomic E-state index is 0.0747. The monoisotopic (exact) mass is 569 g/mol. The number of sulfonamides is 1. The predicted octanol–water partition coefficient (Wildman–Crippen LogP) is 5.34. The largest absolute Gasteiger partial charge is 0.354 e. The lowest BCUT2D eigenvalue weighted by atomic mass is 10.1. The minimum Gasteiger partial charge on any atom is -0.354 e. The smallest absolute Gasteiger partial charge is 0.264 e. The molecule has 208 valence electrons. The fourth-order valence-electron chi connectivity index (χ4n) is 4.04. The van der Waals surface area contributed by atoms with E-state index in [9.17, 15) is 18.0 Å². The summed E-state index contributed by atoms with van der Waals surface area (Å²) < 4.78 is 28.9. The molecule has 3 aromatic rings. The SMILES string of the molecule is Cc1ccc(C)c(N(CC(=O)N(Cc2ccc(Cl)cc2)[C@H](C)C(=O)NCC(C)C)S(=O)(=O)c2ccccc2)c1. The van der Waals surface area contributed by atoms with E-state index >= 15 is 0 Å². The van der Waals surface area contributed by atoms with Gasteiger partial charge >= 0.3 is 0 Å². The van der Waals surface area contributed by atoms with Gasteiger partial charge in [-0.3, -0.25) is 13.9 Å². The molecule has 9 heteroatoms. The summed E-state index contributed by atoms with van der Waals surface area (Å²) in [7, 11) is -4.10. The van der Waals surface area contributed by atoms with Crippen LogP contribution < -0.4 is 9.62 Å². The van der Waals surface area contributed by atoms with Gasteiger partial charge in [-0.2, -0.15) is 0 Å². The summed E-state index contributed by atoms with van der Waals surface area (Å²) in [4.78, 5) is 28.5. The summed E-state index contributed by atoms with van der Waals surface area (Å²) in [6, 6.07) is 19.7. The van der Waals surface area contributed by atoms with Crippen molar-refractivity contribution < 1.29 is 18.0 Å². The van der Waals surface area contributed by atoms with E-state index in [2.05, 4.69) is 5.32 Å². The second-order valence-electron chi connectivity index (χ2n) is 10.1. The molecule has 0 aliphatic rings. The Morgan fingerprint density at radius 2 is 1.56 bits per heavy atom. The number of amides is 2. The Bertz CT molecular complexity index is 1390. The molecule has 0 unspecified atom stereocenters. The molecule has 0 aromatic heterocycles. The minimum atomic E-state index is -4.10. The van der Waals surface area contributed by atoms with Crippen LogP contribution in [0, 0.1) is 19.8 Å². The number of benzene rings is 3. The number of aryl methyl sites for hydroxylation is 2. The molecule has 0 bridgehead atoms. The van der Waals surface area contributed by atoms with Crippen LogP contribution in [-0.2, 0) is 26.2 Å². The lowest BCUT2D eigenvalue weighted by Crippen LogP contribution is -2.51. The number of carbonyl (C=O) groups is 2. The summed E-state index contributed by atoms with van der Waals surface area (Å²) in [5.74, 6) is -0.579. The van der Waals surface area contributed by atoms with E-state index in [1.807, 2.05) is 32.9 Å². The second-order valence-corrected chi connectivity index (χ2v) is 12.4. The van der Waals surface area contributed by atoms with Gasteiger partial charge in [0.2, 0.25) is 11.8 Å². The van der Waals surface area contributed by atoms with Crippen molar-refractivity contribution in [3.8, 4) is 0 Å². The first kappa shape index (κ1) is 30.2. The molecule has 39 heavy (non-hydrogen) atoms. The van der Waals surface area contributed by atoms with Crippen LogP contribution in [-0.4, -0.2) is 44.3 Å². The fraction of sp³-hybridized carbons (Fsp3) is 0.333. The first-order valence-electron chi connectivity index (χ1n) is 12.9. The molecular weight excluding hydrogens is 534 g/mol. The molecule has 0 heterocycles. The van der Waals surface area contributed by atoms with Crippen LogP contribution in [0.25, 0.3) is 0 Å². The van der Waals surface area contributed by atoms with E-state index in [4.69, 9.17) is 11.6 Å². The van der Waals surface area contributed by atoms with Gasteiger partial charge in [0, 0.05) is 18.1 Å². The Labute approximate surface area is 236 Å². The van der Waals surface area contributed by atoms with E-state index in [-0.39, 0.29) is 23.3 Å². The summed E-state index contributed by atoms with van der Waals surface area (Å²) in [5.41, 5.74) is 2.74. The van der Waals surface area contributed by atoms with Crippen LogP contribution in [0.4, 0.5) is 5.69 Å². The van der Waals surface area contributed by atoms with Crippen molar-refractivity contribution in [1.29, 1.82) is 0 Å². The molecule has 0 radical (unpaired) electrons. The van der Waals surface area contributed by atoms with Crippen molar-refractivity contribution >= 4 is 39.1 Å². The summed E-state index contributed by atoms with van der Waals surface area (Å²) in [6.07, 6.45) is 0. The summed E-state index contributed by atoms with van der Waals surface area (Å²) >= 11 is 6.05. The molecule has 1 atom stereocenters. The standard InChI is InChI=1S/C30H36ClN3O4S/c1-21(2)18-32-30(36)24(5)33(19-25-13-15-26(31)16-14-25)29(35)20-34(28-17-22(3)11-12-23(28)4)39(37,38)27-9-7-6-8-10-27/h6-17,21,24H,18-20H2,1-5H3,(H,32,36)/t24-/m1/s1. The predicted molar refractivity (Wildman–Crippen MR) is 156 cm³/mol. The second kappa shape index (κ2) is 13.1. The Kier molecular flexibility index (Phi) is 10.2. The average molecular weight is 570 g/mol. The third-order valence-corrected chi connectivity index (χ3v) is 8.39. The highest BCUT2D eigenvalue weighted by Crippen LogP contribution is 2.28. The quantitative estimate of drug-likeness (QED) is 0.338. The third-order valence-electron chi connectivity index (χ3n) is 6.36. The van der Waals surface area contributed by atoms with Gasteiger partial charge in [-0.1, -0.05) is 67.9 Å². The van der Waals surface area contributed by atoms with Crippen LogP contribution in [0.1, 0.15) is 37.5 Å². The van der Waals surface area contributed by atoms with Gasteiger partial charge in [0.1, 0.15) is 12.6 Å². The molecule has 2 amide bonds. The Balaban J connectivity index is 2.03. The topological polar surface area (TPSA) is 86.8 Å². The van der Waals surface area contributed by atoms with Gasteiger partial charge in [-0.05, 0) is 73.7 Å². The van der Waals surface area contributed by atoms with Gasteiger partial charge in [-0.15, -0.1) is 0 Å². The van der Waals surface area contributed by atoms with Crippen molar-refractivity contribution in [3.63, 3.8) is 0 Å². The molecule has 3 rings (SSSR count). The first-order valence-corrected chi connectivity index (χ1v) is 14.7. The van der Waals surface area contributed by atoms with Crippen molar-refractivity contribution in [1.82, 2.24) is 10.2 Å².